The summed E-state index contributed by atoms with van der Waals surface area (Å²) in [5.74, 6) is 0.648. The molecule has 2 rings (SSSR count). The minimum atomic E-state index is -0.335. The second-order valence-corrected chi connectivity index (χ2v) is 4.43. The molecule has 0 bridgehead atoms. The van der Waals surface area contributed by atoms with Gasteiger partial charge in [-0.2, -0.15) is 4.98 Å². The normalized spacial score (nSPS) is 11.2. The molecule has 0 N–H and O–H groups in total. The quantitative estimate of drug-likeness (QED) is 0.723. The van der Waals surface area contributed by atoms with Crippen LogP contribution in [-0.2, 0) is 20.6 Å². The summed E-state index contributed by atoms with van der Waals surface area (Å²) in [6, 6.07) is 0. The summed E-state index contributed by atoms with van der Waals surface area (Å²) >= 11 is 0. The number of anilines is 1. The lowest BCUT2D eigenvalue weighted by molar-refractivity contribution is 0.651. The third kappa shape index (κ3) is 1.47. The van der Waals surface area contributed by atoms with Gasteiger partial charge in [0.25, 0.3) is 5.56 Å². The van der Waals surface area contributed by atoms with Crippen molar-refractivity contribution in [3.8, 4) is 0 Å². The fourth-order valence-corrected chi connectivity index (χ4v) is 2.10. The molecule has 7 heteroatoms. The average molecular weight is 251 g/mol. The second-order valence-electron chi connectivity index (χ2n) is 4.43. The van der Waals surface area contributed by atoms with E-state index >= 15 is 0 Å². The molecule has 0 saturated heterocycles. The number of fused-ring (bicyclic) bond motifs is 1. The zero-order chi connectivity index (χ0) is 13.6. The molecule has 0 amide bonds. The van der Waals surface area contributed by atoms with Gasteiger partial charge in [0.05, 0.1) is 0 Å². The van der Waals surface area contributed by atoms with Crippen molar-refractivity contribution in [3.63, 3.8) is 0 Å². The maximum absolute atomic E-state index is 12.1. The van der Waals surface area contributed by atoms with Crippen LogP contribution in [0.15, 0.2) is 9.59 Å². The Morgan fingerprint density at radius 1 is 1.17 bits per heavy atom. The van der Waals surface area contributed by atoms with Crippen molar-refractivity contribution in [1.82, 2.24) is 18.7 Å². The predicted molar refractivity (Wildman–Crippen MR) is 70.2 cm³/mol. The van der Waals surface area contributed by atoms with Crippen molar-refractivity contribution in [2.24, 2.45) is 14.1 Å². The van der Waals surface area contributed by atoms with Crippen molar-refractivity contribution in [1.29, 1.82) is 0 Å². The van der Waals surface area contributed by atoms with Crippen molar-refractivity contribution in [2.75, 3.05) is 19.0 Å². The van der Waals surface area contributed by atoms with Crippen LogP contribution in [0.3, 0.4) is 0 Å². The Kier molecular flexibility index (Phi) is 2.76. The van der Waals surface area contributed by atoms with E-state index in [0.717, 1.165) is 4.57 Å². The summed E-state index contributed by atoms with van der Waals surface area (Å²) in [5, 5.41) is 0. The largest absolute Gasteiger partial charge is 0.348 e. The van der Waals surface area contributed by atoms with Crippen molar-refractivity contribution in [3.05, 3.63) is 20.8 Å². The molecule has 0 aliphatic heterocycles. The van der Waals surface area contributed by atoms with Crippen molar-refractivity contribution in [2.45, 2.75) is 13.5 Å². The zero-order valence-electron chi connectivity index (χ0n) is 11.3. The van der Waals surface area contributed by atoms with Crippen LogP contribution in [0, 0.1) is 0 Å². The number of aryl methyl sites for hydroxylation is 2. The maximum atomic E-state index is 12.1. The third-order valence-corrected chi connectivity index (χ3v) is 3.05. The van der Waals surface area contributed by atoms with Crippen LogP contribution in [0.2, 0.25) is 0 Å². The Bertz CT molecular complexity index is 720. The minimum Gasteiger partial charge on any atom is -0.348 e. The van der Waals surface area contributed by atoms with Gasteiger partial charge in [-0.1, -0.05) is 0 Å². The van der Waals surface area contributed by atoms with Crippen molar-refractivity contribution < 1.29 is 0 Å². The summed E-state index contributed by atoms with van der Waals surface area (Å²) in [7, 11) is 6.95. The molecule has 0 radical (unpaired) electrons. The second kappa shape index (κ2) is 4.01. The molecule has 7 nitrogen and oxygen atoms in total. The molecule has 0 aromatic carbocycles. The number of aromatic nitrogens is 4. The van der Waals surface area contributed by atoms with Crippen LogP contribution in [0.4, 0.5) is 5.95 Å². The molecular formula is C11H17N5O2. The fraction of sp³-hybridized carbons (Fsp3) is 0.545. The molecule has 2 heterocycles. The van der Waals surface area contributed by atoms with Gasteiger partial charge in [-0.05, 0) is 6.92 Å². The van der Waals surface area contributed by atoms with Gasteiger partial charge in [0.1, 0.15) is 0 Å². The summed E-state index contributed by atoms with van der Waals surface area (Å²) in [6.45, 7) is 2.34. The molecule has 0 unspecified atom stereocenters. The lowest BCUT2D eigenvalue weighted by Crippen LogP contribution is -2.38. The molecule has 18 heavy (non-hydrogen) atoms. The lowest BCUT2D eigenvalue weighted by Gasteiger charge is -2.10. The molecule has 0 saturated carbocycles. The van der Waals surface area contributed by atoms with E-state index in [2.05, 4.69) is 4.98 Å². The Morgan fingerprint density at radius 2 is 1.78 bits per heavy atom. The van der Waals surface area contributed by atoms with Gasteiger partial charge in [0.2, 0.25) is 5.95 Å². The zero-order valence-corrected chi connectivity index (χ0v) is 11.3. The monoisotopic (exact) mass is 251 g/mol. The molecule has 0 aliphatic rings. The predicted octanol–water partition coefficient (Wildman–Crippen LogP) is -0.480. The third-order valence-electron chi connectivity index (χ3n) is 3.05. The number of hydrogen-bond donors (Lipinski definition) is 0. The van der Waals surface area contributed by atoms with E-state index in [1.54, 1.807) is 11.6 Å². The highest BCUT2D eigenvalue weighted by atomic mass is 16.2. The number of nitrogens with zero attached hydrogens (tertiary/aromatic N) is 5. The molecule has 0 spiro atoms. The first-order chi connectivity index (χ1) is 8.40. The van der Waals surface area contributed by atoms with Gasteiger partial charge in [-0.15, -0.1) is 0 Å². The molecule has 2 aromatic heterocycles. The SMILES string of the molecule is CCn1c(=O)n(C)c(=O)c2c1nc(N(C)C)n2C. The van der Waals surface area contributed by atoms with Gasteiger partial charge in [-0.25, -0.2) is 4.79 Å². The topological polar surface area (TPSA) is 65.1 Å². The van der Waals surface area contributed by atoms with Gasteiger partial charge in [-0.3, -0.25) is 13.9 Å². The average Bonchev–Trinajstić information content (AvgIpc) is 2.65. The first kappa shape index (κ1) is 12.4. The van der Waals surface area contributed by atoms with E-state index in [1.807, 2.05) is 25.9 Å². The van der Waals surface area contributed by atoms with E-state index < -0.39 is 0 Å². The molecule has 0 atom stereocenters. The van der Waals surface area contributed by atoms with E-state index in [1.165, 1.54) is 11.6 Å². The fourth-order valence-electron chi connectivity index (χ4n) is 2.10. The number of rotatable bonds is 2. The molecule has 0 aliphatic carbocycles. The van der Waals surface area contributed by atoms with Crippen LogP contribution >= 0.6 is 0 Å². The first-order valence-corrected chi connectivity index (χ1v) is 5.73. The standard InChI is InChI=1S/C11H17N5O2/c1-6-16-8-7(9(17)15(5)11(16)18)14(4)10(12-8)13(2)3/h6H2,1-5H3. The Morgan fingerprint density at radius 3 is 2.28 bits per heavy atom. The van der Waals surface area contributed by atoms with Crippen LogP contribution in [-0.4, -0.2) is 32.8 Å². The maximum Gasteiger partial charge on any atom is 0.332 e. The van der Waals surface area contributed by atoms with Gasteiger partial charge >= 0.3 is 5.69 Å². The van der Waals surface area contributed by atoms with Gasteiger partial charge in [0.15, 0.2) is 11.2 Å². The smallest absolute Gasteiger partial charge is 0.332 e. The van der Waals surface area contributed by atoms with Crippen LogP contribution < -0.4 is 16.1 Å². The van der Waals surface area contributed by atoms with Crippen LogP contribution in [0.1, 0.15) is 6.92 Å². The number of hydrogen-bond acceptors (Lipinski definition) is 4. The van der Waals surface area contributed by atoms with Gasteiger partial charge < -0.3 is 9.47 Å². The van der Waals surface area contributed by atoms with E-state index in [9.17, 15) is 9.59 Å². The highest BCUT2D eigenvalue weighted by Crippen LogP contribution is 2.15. The molecule has 2 aromatic rings. The Balaban J connectivity index is 3.07. The summed E-state index contributed by atoms with van der Waals surface area (Å²) < 4.78 is 4.33. The highest BCUT2D eigenvalue weighted by molar-refractivity contribution is 5.74. The van der Waals surface area contributed by atoms with Gasteiger partial charge in [0, 0.05) is 34.7 Å². The van der Waals surface area contributed by atoms with E-state index in [4.69, 9.17) is 0 Å². The van der Waals surface area contributed by atoms with E-state index in [0.29, 0.717) is 23.7 Å². The Hall–Kier alpha value is -2.05. The molecule has 0 fully saturated rings. The summed E-state index contributed by atoms with van der Waals surface area (Å²) in [5.41, 5.74) is 0.237. The van der Waals surface area contributed by atoms with Crippen molar-refractivity contribution >= 4 is 17.1 Å². The Labute approximate surface area is 104 Å². The van der Waals surface area contributed by atoms with E-state index in [-0.39, 0.29) is 11.2 Å². The van der Waals surface area contributed by atoms with Crippen LogP contribution in [0.25, 0.3) is 11.2 Å². The number of imidazole rings is 1. The molecular weight excluding hydrogens is 234 g/mol. The summed E-state index contributed by atoms with van der Waals surface area (Å²) in [6.07, 6.45) is 0. The highest BCUT2D eigenvalue weighted by Gasteiger charge is 2.18. The van der Waals surface area contributed by atoms with Crippen LogP contribution in [0.5, 0.6) is 0 Å². The molecule has 98 valence electrons. The first-order valence-electron chi connectivity index (χ1n) is 5.73. The lowest BCUT2D eigenvalue weighted by atomic mass is 10.5. The summed E-state index contributed by atoms with van der Waals surface area (Å²) in [4.78, 5) is 30.3. The minimum absolute atomic E-state index is 0.317.